The first-order valence-corrected chi connectivity index (χ1v) is 11.0. The highest BCUT2D eigenvalue weighted by Crippen LogP contribution is 2.17. The van der Waals surface area contributed by atoms with Crippen molar-refractivity contribution in [2.24, 2.45) is 4.99 Å². The highest BCUT2D eigenvalue weighted by molar-refractivity contribution is 5.82. The number of benzene rings is 1. The van der Waals surface area contributed by atoms with Gasteiger partial charge >= 0.3 is 0 Å². The van der Waals surface area contributed by atoms with Crippen LogP contribution in [0.25, 0.3) is 0 Å². The van der Waals surface area contributed by atoms with Gasteiger partial charge in [0.2, 0.25) is 11.8 Å². The number of likely N-dealkylation sites (tertiary alicyclic amines) is 1. The quantitative estimate of drug-likeness (QED) is 0.519. The Bertz CT molecular complexity index is 777. The standard InChI is InChI=1S/C22H33FN6O2/c1-3-20(30)29-11-9-18(16-29)26-22(24-2)25-10-8-21(31)28-14-12-27(13-15-28)19-6-4-17(23)5-7-19/h4-7,18H,3,8-16H2,1-2H3,(H2,24,25,26). The van der Waals surface area contributed by atoms with E-state index in [-0.39, 0.29) is 23.7 Å². The summed E-state index contributed by atoms with van der Waals surface area (Å²) in [5.41, 5.74) is 0.983. The van der Waals surface area contributed by atoms with Crippen molar-refractivity contribution < 1.29 is 14.0 Å². The van der Waals surface area contributed by atoms with E-state index >= 15 is 0 Å². The lowest BCUT2D eigenvalue weighted by molar-refractivity contribution is -0.131. The number of hydrogen-bond donors (Lipinski definition) is 2. The molecule has 0 spiro atoms. The summed E-state index contributed by atoms with van der Waals surface area (Å²) >= 11 is 0. The molecule has 9 heteroatoms. The van der Waals surface area contributed by atoms with Gasteiger partial charge in [0.05, 0.1) is 0 Å². The first-order valence-electron chi connectivity index (χ1n) is 11.0. The van der Waals surface area contributed by atoms with E-state index in [0.717, 1.165) is 31.7 Å². The molecule has 1 aromatic carbocycles. The van der Waals surface area contributed by atoms with Crippen LogP contribution in [0.5, 0.6) is 0 Å². The van der Waals surface area contributed by atoms with Gasteiger partial charge in [-0.15, -0.1) is 0 Å². The van der Waals surface area contributed by atoms with Gasteiger partial charge in [0.15, 0.2) is 5.96 Å². The summed E-state index contributed by atoms with van der Waals surface area (Å²) < 4.78 is 13.1. The van der Waals surface area contributed by atoms with Gasteiger partial charge in [-0.1, -0.05) is 6.92 Å². The van der Waals surface area contributed by atoms with Gasteiger partial charge in [0.1, 0.15) is 5.82 Å². The molecule has 2 aliphatic rings. The Kier molecular flexibility index (Phi) is 8.08. The van der Waals surface area contributed by atoms with Crippen LogP contribution in [0.4, 0.5) is 10.1 Å². The van der Waals surface area contributed by atoms with Gasteiger partial charge in [-0.25, -0.2) is 4.39 Å². The molecule has 0 bridgehead atoms. The summed E-state index contributed by atoms with van der Waals surface area (Å²) in [4.78, 5) is 34.5. The summed E-state index contributed by atoms with van der Waals surface area (Å²) in [5.74, 6) is 0.707. The van der Waals surface area contributed by atoms with Gasteiger partial charge in [-0.05, 0) is 30.7 Å². The Morgan fingerprint density at radius 1 is 1.06 bits per heavy atom. The van der Waals surface area contributed by atoms with E-state index < -0.39 is 0 Å². The number of rotatable bonds is 6. The first kappa shape index (κ1) is 22.8. The Hall–Kier alpha value is -2.84. The van der Waals surface area contributed by atoms with Crippen LogP contribution >= 0.6 is 0 Å². The fraction of sp³-hybridized carbons (Fsp3) is 0.591. The Morgan fingerprint density at radius 2 is 1.77 bits per heavy atom. The topological polar surface area (TPSA) is 80.3 Å². The van der Waals surface area contributed by atoms with Crippen molar-refractivity contribution in [2.45, 2.75) is 32.2 Å². The zero-order valence-electron chi connectivity index (χ0n) is 18.4. The number of halogens is 1. The molecule has 3 rings (SSSR count). The fourth-order valence-electron chi connectivity index (χ4n) is 4.03. The van der Waals surface area contributed by atoms with Crippen LogP contribution in [-0.4, -0.2) is 86.5 Å². The molecule has 31 heavy (non-hydrogen) atoms. The number of guanidine groups is 1. The summed E-state index contributed by atoms with van der Waals surface area (Å²) in [6.07, 6.45) is 1.81. The number of aliphatic imine (C=N–C) groups is 1. The van der Waals surface area contributed by atoms with Gasteiger partial charge in [0.25, 0.3) is 0 Å². The van der Waals surface area contributed by atoms with E-state index in [9.17, 15) is 14.0 Å². The summed E-state index contributed by atoms with van der Waals surface area (Å²) in [7, 11) is 1.70. The van der Waals surface area contributed by atoms with Crippen molar-refractivity contribution in [3.05, 3.63) is 30.1 Å². The van der Waals surface area contributed by atoms with Crippen molar-refractivity contribution >= 4 is 23.5 Å². The van der Waals surface area contributed by atoms with Crippen molar-refractivity contribution in [1.29, 1.82) is 0 Å². The number of hydrogen-bond acceptors (Lipinski definition) is 4. The molecule has 1 atom stereocenters. The van der Waals surface area contributed by atoms with Crippen LogP contribution in [0, 0.1) is 5.82 Å². The summed E-state index contributed by atoms with van der Waals surface area (Å²) in [6, 6.07) is 6.65. The lowest BCUT2D eigenvalue weighted by Crippen LogP contribution is -2.50. The van der Waals surface area contributed by atoms with E-state index in [2.05, 4.69) is 20.5 Å². The number of carbonyl (C=O) groups excluding carboxylic acids is 2. The number of anilines is 1. The molecule has 0 aromatic heterocycles. The second-order valence-electron chi connectivity index (χ2n) is 7.92. The molecule has 0 aliphatic carbocycles. The van der Waals surface area contributed by atoms with Crippen LogP contribution in [0.3, 0.4) is 0 Å². The average molecular weight is 433 g/mol. The maximum atomic E-state index is 13.1. The molecule has 8 nitrogen and oxygen atoms in total. The molecule has 2 fully saturated rings. The third-order valence-corrected chi connectivity index (χ3v) is 5.86. The van der Waals surface area contributed by atoms with Crippen LogP contribution in [0.2, 0.25) is 0 Å². The Balaban J connectivity index is 1.36. The number of nitrogens with zero attached hydrogens (tertiary/aromatic N) is 4. The van der Waals surface area contributed by atoms with E-state index in [1.165, 1.54) is 12.1 Å². The van der Waals surface area contributed by atoms with E-state index in [0.29, 0.717) is 45.0 Å². The smallest absolute Gasteiger partial charge is 0.224 e. The molecule has 2 heterocycles. The van der Waals surface area contributed by atoms with Crippen molar-refractivity contribution in [1.82, 2.24) is 20.4 Å². The minimum atomic E-state index is -0.241. The zero-order chi connectivity index (χ0) is 22.2. The average Bonchev–Trinajstić information content (AvgIpc) is 3.27. The minimum Gasteiger partial charge on any atom is -0.368 e. The molecule has 2 amide bonds. The number of piperazine rings is 1. The lowest BCUT2D eigenvalue weighted by atomic mass is 10.2. The van der Waals surface area contributed by atoms with E-state index in [1.807, 2.05) is 16.7 Å². The molecule has 0 radical (unpaired) electrons. The molecule has 2 saturated heterocycles. The molecule has 1 aromatic rings. The number of amides is 2. The zero-order valence-corrected chi connectivity index (χ0v) is 18.4. The summed E-state index contributed by atoms with van der Waals surface area (Å²) in [5, 5.41) is 6.55. The number of nitrogens with one attached hydrogen (secondary N) is 2. The predicted molar refractivity (Wildman–Crippen MR) is 120 cm³/mol. The van der Waals surface area contributed by atoms with Crippen LogP contribution in [-0.2, 0) is 9.59 Å². The monoisotopic (exact) mass is 432 g/mol. The second kappa shape index (κ2) is 11.0. The normalized spacial score (nSPS) is 19.5. The van der Waals surface area contributed by atoms with Crippen molar-refractivity contribution in [3.63, 3.8) is 0 Å². The Labute approximate surface area is 183 Å². The van der Waals surface area contributed by atoms with Gasteiger partial charge in [-0.3, -0.25) is 14.6 Å². The summed E-state index contributed by atoms with van der Waals surface area (Å²) in [6.45, 7) is 6.63. The highest BCUT2D eigenvalue weighted by Gasteiger charge is 2.26. The lowest BCUT2D eigenvalue weighted by Gasteiger charge is -2.36. The van der Waals surface area contributed by atoms with Crippen LogP contribution in [0.15, 0.2) is 29.3 Å². The fourth-order valence-corrected chi connectivity index (χ4v) is 4.03. The number of carbonyl (C=O) groups is 2. The second-order valence-corrected chi connectivity index (χ2v) is 7.92. The largest absolute Gasteiger partial charge is 0.368 e. The third kappa shape index (κ3) is 6.32. The predicted octanol–water partition coefficient (Wildman–Crippen LogP) is 1.04. The molecule has 2 N–H and O–H groups in total. The minimum absolute atomic E-state index is 0.113. The first-order chi connectivity index (χ1) is 15.0. The molecular weight excluding hydrogens is 399 g/mol. The van der Waals surface area contributed by atoms with Gasteiger partial charge < -0.3 is 25.3 Å². The molecular formula is C22H33FN6O2. The van der Waals surface area contributed by atoms with Gasteiger partial charge in [-0.2, -0.15) is 0 Å². The molecule has 2 aliphatic heterocycles. The van der Waals surface area contributed by atoms with Crippen LogP contribution in [0.1, 0.15) is 26.2 Å². The maximum absolute atomic E-state index is 13.1. The van der Waals surface area contributed by atoms with E-state index in [4.69, 9.17) is 0 Å². The molecule has 170 valence electrons. The van der Waals surface area contributed by atoms with Crippen LogP contribution < -0.4 is 15.5 Å². The maximum Gasteiger partial charge on any atom is 0.224 e. The molecule has 0 saturated carbocycles. The van der Waals surface area contributed by atoms with Crippen molar-refractivity contribution in [3.8, 4) is 0 Å². The molecule has 1 unspecified atom stereocenters. The van der Waals surface area contributed by atoms with Gasteiger partial charge in [0, 0.05) is 77.4 Å². The third-order valence-electron chi connectivity index (χ3n) is 5.86. The van der Waals surface area contributed by atoms with E-state index in [1.54, 1.807) is 19.2 Å². The Morgan fingerprint density at radius 3 is 2.42 bits per heavy atom. The SMILES string of the molecule is CCC(=O)N1CCC(NC(=NC)NCCC(=O)N2CCN(c3ccc(F)cc3)CC2)C1. The highest BCUT2D eigenvalue weighted by atomic mass is 19.1. The van der Waals surface area contributed by atoms with Crippen molar-refractivity contribution in [2.75, 3.05) is 57.8 Å².